The third-order valence-electron chi connectivity index (χ3n) is 2.41. The molecule has 0 saturated carbocycles. The molecule has 94 valence electrons. The number of halogens is 4. The highest BCUT2D eigenvalue weighted by atomic mass is 79.9. The zero-order chi connectivity index (χ0) is 13.1. The molecule has 2 aromatic carbocycles. The van der Waals surface area contributed by atoms with Gasteiger partial charge in [0.1, 0.15) is 0 Å². The first kappa shape index (κ1) is 13.3. The van der Waals surface area contributed by atoms with Crippen molar-refractivity contribution in [1.29, 1.82) is 0 Å². The van der Waals surface area contributed by atoms with E-state index in [-0.39, 0.29) is 0 Å². The quantitative estimate of drug-likeness (QED) is 0.834. The van der Waals surface area contributed by atoms with Gasteiger partial charge in [-0.3, -0.25) is 0 Å². The molecular weight excluding hydrogens is 324 g/mol. The van der Waals surface area contributed by atoms with Crippen LogP contribution in [0.4, 0.5) is 14.5 Å². The number of nitrogens with one attached hydrogen (secondary N) is 1. The highest BCUT2D eigenvalue weighted by molar-refractivity contribution is 9.10. The Labute approximate surface area is 117 Å². The van der Waals surface area contributed by atoms with Gasteiger partial charge in [0, 0.05) is 27.8 Å². The van der Waals surface area contributed by atoms with Gasteiger partial charge >= 0.3 is 0 Å². The molecule has 0 aromatic heterocycles. The summed E-state index contributed by atoms with van der Waals surface area (Å²) in [5, 5.41) is 3.63. The largest absolute Gasteiger partial charge is 0.381 e. The van der Waals surface area contributed by atoms with Gasteiger partial charge in [0.05, 0.1) is 0 Å². The van der Waals surface area contributed by atoms with Crippen LogP contribution in [0.25, 0.3) is 0 Å². The molecule has 1 N–H and O–H groups in total. The minimum absolute atomic E-state index is 0.464. The van der Waals surface area contributed by atoms with E-state index in [2.05, 4.69) is 21.2 Å². The van der Waals surface area contributed by atoms with E-state index in [1.165, 1.54) is 6.07 Å². The zero-order valence-corrected chi connectivity index (χ0v) is 11.5. The minimum Gasteiger partial charge on any atom is -0.381 e. The summed E-state index contributed by atoms with van der Waals surface area (Å²) in [4.78, 5) is 0. The fourth-order valence-corrected chi connectivity index (χ4v) is 2.06. The van der Waals surface area contributed by atoms with Gasteiger partial charge in [-0.25, -0.2) is 8.78 Å². The first-order valence-corrected chi connectivity index (χ1v) is 6.36. The van der Waals surface area contributed by atoms with Gasteiger partial charge in [0.2, 0.25) is 0 Å². The Kier molecular flexibility index (Phi) is 4.19. The lowest BCUT2D eigenvalue weighted by Gasteiger charge is -2.09. The zero-order valence-electron chi connectivity index (χ0n) is 9.18. The number of rotatable bonds is 3. The maximum atomic E-state index is 13.0. The highest BCUT2D eigenvalue weighted by Gasteiger charge is 2.04. The predicted molar refractivity (Wildman–Crippen MR) is 72.8 cm³/mol. The van der Waals surface area contributed by atoms with Crippen LogP contribution in [0, 0.1) is 11.6 Å². The molecule has 18 heavy (non-hydrogen) atoms. The number of hydrogen-bond donors (Lipinski definition) is 1. The molecule has 0 aliphatic carbocycles. The molecule has 0 bridgehead atoms. The molecule has 0 aliphatic heterocycles. The summed E-state index contributed by atoms with van der Waals surface area (Å²) in [6.45, 7) is 0.464. The smallest absolute Gasteiger partial charge is 0.160 e. The van der Waals surface area contributed by atoms with Crippen LogP contribution in [-0.2, 0) is 6.54 Å². The van der Waals surface area contributed by atoms with E-state index in [9.17, 15) is 8.78 Å². The average molecular weight is 333 g/mol. The number of hydrogen-bond acceptors (Lipinski definition) is 1. The molecule has 0 unspecified atom stereocenters. The molecule has 0 aliphatic rings. The topological polar surface area (TPSA) is 12.0 Å². The Morgan fingerprint density at radius 1 is 1.06 bits per heavy atom. The van der Waals surface area contributed by atoms with Gasteiger partial charge < -0.3 is 5.32 Å². The van der Waals surface area contributed by atoms with E-state index < -0.39 is 11.6 Å². The van der Waals surface area contributed by atoms with Crippen molar-refractivity contribution in [3.05, 3.63) is 63.1 Å². The fourth-order valence-electron chi connectivity index (χ4n) is 1.48. The Bertz CT molecular complexity index is 575. The molecule has 0 saturated heterocycles. The van der Waals surface area contributed by atoms with Crippen LogP contribution in [0.15, 0.2) is 40.9 Å². The van der Waals surface area contributed by atoms with Crippen LogP contribution in [0.3, 0.4) is 0 Å². The van der Waals surface area contributed by atoms with Gasteiger partial charge in [-0.2, -0.15) is 0 Å². The van der Waals surface area contributed by atoms with Crippen LogP contribution in [0.5, 0.6) is 0 Å². The normalized spacial score (nSPS) is 10.4. The van der Waals surface area contributed by atoms with Crippen molar-refractivity contribution in [1.82, 2.24) is 0 Å². The molecule has 0 spiro atoms. The molecule has 0 amide bonds. The Hall–Kier alpha value is -1.13. The van der Waals surface area contributed by atoms with Gasteiger partial charge in [-0.1, -0.05) is 27.5 Å². The van der Waals surface area contributed by atoms with E-state index >= 15 is 0 Å². The molecular formula is C13H9BrClF2N. The molecule has 2 rings (SSSR count). The van der Waals surface area contributed by atoms with Crippen molar-refractivity contribution in [3.63, 3.8) is 0 Å². The Balaban J connectivity index is 2.11. The first-order valence-electron chi connectivity index (χ1n) is 5.19. The van der Waals surface area contributed by atoms with Gasteiger partial charge in [-0.05, 0) is 35.9 Å². The lowest BCUT2D eigenvalue weighted by molar-refractivity contribution is 0.509. The van der Waals surface area contributed by atoms with E-state index in [4.69, 9.17) is 11.6 Å². The van der Waals surface area contributed by atoms with Crippen LogP contribution in [-0.4, -0.2) is 0 Å². The summed E-state index contributed by atoms with van der Waals surface area (Å²) in [6, 6.07) is 9.10. The number of benzene rings is 2. The lowest BCUT2D eigenvalue weighted by Crippen LogP contribution is -2.01. The van der Waals surface area contributed by atoms with Crippen molar-refractivity contribution < 1.29 is 8.78 Å². The molecule has 1 nitrogen and oxygen atoms in total. The monoisotopic (exact) mass is 331 g/mol. The minimum atomic E-state index is -0.870. The van der Waals surface area contributed by atoms with Crippen molar-refractivity contribution in [2.45, 2.75) is 6.54 Å². The molecule has 0 fully saturated rings. The summed E-state index contributed by atoms with van der Waals surface area (Å²) >= 11 is 9.28. The van der Waals surface area contributed by atoms with Crippen LogP contribution in [0.2, 0.25) is 5.02 Å². The van der Waals surface area contributed by atoms with E-state index in [1.54, 1.807) is 12.1 Å². The van der Waals surface area contributed by atoms with E-state index in [0.29, 0.717) is 17.3 Å². The third kappa shape index (κ3) is 3.21. The average Bonchev–Trinajstić information content (AvgIpc) is 2.34. The molecule has 5 heteroatoms. The summed E-state index contributed by atoms with van der Waals surface area (Å²) < 4.78 is 26.7. The standard InChI is InChI=1S/C13H9BrClF2N/c14-11-3-1-9(15)5-8(11)7-18-10-2-4-12(16)13(17)6-10/h1-6,18H,7H2. The van der Waals surface area contributed by atoms with Crippen molar-refractivity contribution in [3.8, 4) is 0 Å². The van der Waals surface area contributed by atoms with Crippen LogP contribution in [0.1, 0.15) is 5.56 Å². The van der Waals surface area contributed by atoms with Gasteiger partial charge in [0.15, 0.2) is 11.6 Å². The van der Waals surface area contributed by atoms with Gasteiger partial charge in [-0.15, -0.1) is 0 Å². The predicted octanol–water partition coefficient (Wildman–Crippen LogP) is 4.99. The maximum Gasteiger partial charge on any atom is 0.160 e. The van der Waals surface area contributed by atoms with Crippen molar-refractivity contribution in [2.75, 3.05) is 5.32 Å². The van der Waals surface area contributed by atoms with Crippen molar-refractivity contribution >= 4 is 33.2 Å². The van der Waals surface area contributed by atoms with Crippen molar-refractivity contribution in [2.24, 2.45) is 0 Å². The first-order chi connectivity index (χ1) is 8.56. The lowest BCUT2D eigenvalue weighted by atomic mass is 10.2. The molecule has 0 radical (unpaired) electrons. The summed E-state index contributed by atoms with van der Waals surface area (Å²) in [5.74, 6) is -1.73. The second-order valence-corrected chi connectivity index (χ2v) is 5.01. The highest BCUT2D eigenvalue weighted by Crippen LogP contribution is 2.22. The Morgan fingerprint density at radius 2 is 1.83 bits per heavy atom. The Morgan fingerprint density at radius 3 is 2.56 bits per heavy atom. The van der Waals surface area contributed by atoms with Gasteiger partial charge in [0.25, 0.3) is 0 Å². The third-order valence-corrected chi connectivity index (χ3v) is 3.42. The molecule has 2 aromatic rings. The summed E-state index contributed by atoms with van der Waals surface area (Å²) in [7, 11) is 0. The second-order valence-electron chi connectivity index (χ2n) is 3.72. The van der Waals surface area contributed by atoms with Crippen LogP contribution >= 0.6 is 27.5 Å². The maximum absolute atomic E-state index is 13.0. The summed E-state index contributed by atoms with van der Waals surface area (Å²) in [5.41, 5.74) is 1.45. The fraction of sp³-hybridized carbons (Fsp3) is 0.0769. The van der Waals surface area contributed by atoms with Crippen LogP contribution < -0.4 is 5.32 Å². The molecule has 0 heterocycles. The SMILES string of the molecule is Fc1ccc(NCc2cc(Cl)ccc2Br)cc1F. The second kappa shape index (κ2) is 5.67. The van der Waals surface area contributed by atoms with E-state index in [0.717, 1.165) is 22.2 Å². The summed E-state index contributed by atoms with van der Waals surface area (Å²) in [6.07, 6.45) is 0. The van der Waals surface area contributed by atoms with E-state index in [1.807, 2.05) is 6.07 Å². The molecule has 0 atom stereocenters. The number of anilines is 1.